The highest BCUT2D eigenvalue weighted by atomic mass is 32.2. The standard InChI is InChI=1S/C15H20N2O4S/c1-11-9-13(5-6-14(11)21-2)22(19,20)16-7-8-17(12-3-4-12)15(18)10-16/h5-6,9,12H,3-4,7-8,10H2,1-2H3. The van der Waals surface area contributed by atoms with Crippen LogP contribution in [0.3, 0.4) is 0 Å². The number of hydrogen-bond donors (Lipinski definition) is 0. The maximum Gasteiger partial charge on any atom is 0.243 e. The van der Waals surface area contributed by atoms with Crippen LogP contribution in [-0.4, -0.2) is 56.3 Å². The van der Waals surface area contributed by atoms with E-state index in [-0.39, 0.29) is 17.3 Å². The van der Waals surface area contributed by atoms with Gasteiger partial charge in [-0.3, -0.25) is 4.79 Å². The molecule has 7 heteroatoms. The highest BCUT2D eigenvalue weighted by Crippen LogP contribution is 2.30. The van der Waals surface area contributed by atoms with Crippen LogP contribution in [-0.2, 0) is 14.8 Å². The van der Waals surface area contributed by atoms with E-state index >= 15 is 0 Å². The first-order valence-electron chi connectivity index (χ1n) is 7.38. The normalized spacial score (nSPS) is 20.3. The zero-order chi connectivity index (χ0) is 15.9. The minimum absolute atomic E-state index is 0.0656. The van der Waals surface area contributed by atoms with Crippen molar-refractivity contribution in [3.8, 4) is 5.75 Å². The Bertz CT molecular complexity index is 697. The van der Waals surface area contributed by atoms with Crippen molar-refractivity contribution in [1.82, 2.24) is 9.21 Å². The first kappa shape index (κ1) is 15.3. The molecule has 0 atom stereocenters. The van der Waals surface area contributed by atoms with E-state index in [1.165, 1.54) is 10.4 Å². The predicted molar refractivity (Wildman–Crippen MR) is 81.2 cm³/mol. The number of ether oxygens (including phenoxy) is 1. The molecule has 0 radical (unpaired) electrons. The minimum atomic E-state index is -3.64. The third-order valence-electron chi connectivity index (χ3n) is 4.21. The van der Waals surface area contributed by atoms with E-state index < -0.39 is 10.0 Å². The molecule has 0 N–H and O–H groups in total. The molecule has 3 rings (SSSR count). The average Bonchev–Trinajstić information content (AvgIpc) is 3.31. The summed E-state index contributed by atoms with van der Waals surface area (Å²) in [6, 6.07) is 5.09. The van der Waals surface area contributed by atoms with Crippen molar-refractivity contribution in [1.29, 1.82) is 0 Å². The van der Waals surface area contributed by atoms with E-state index in [9.17, 15) is 13.2 Å². The highest BCUT2D eigenvalue weighted by Gasteiger charge is 2.39. The molecule has 6 nitrogen and oxygen atoms in total. The maximum absolute atomic E-state index is 12.7. The lowest BCUT2D eigenvalue weighted by Crippen LogP contribution is -2.52. The Hall–Kier alpha value is -1.60. The summed E-state index contributed by atoms with van der Waals surface area (Å²) >= 11 is 0. The van der Waals surface area contributed by atoms with Gasteiger partial charge in [0.05, 0.1) is 18.6 Å². The number of benzene rings is 1. The van der Waals surface area contributed by atoms with Gasteiger partial charge in [0, 0.05) is 19.1 Å². The molecule has 1 aliphatic heterocycles. The zero-order valence-electron chi connectivity index (χ0n) is 12.8. The molecule has 2 aliphatic rings. The predicted octanol–water partition coefficient (Wildman–Crippen LogP) is 0.999. The van der Waals surface area contributed by atoms with Gasteiger partial charge in [-0.1, -0.05) is 0 Å². The summed E-state index contributed by atoms with van der Waals surface area (Å²) in [6.45, 7) is 2.57. The minimum Gasteiger partial charge on any atom is -0.496 e. The van der Waals surface area contributed by atoms with Gasteiger partial charge in [0.2, 0.25) is 15.9 Å². The Morgan fingerprint density at radius 2 is 1.95 bits per heavy atom. The molecule has 1 heterocycles. The number of carbonyl (C=O) groups is 1. The summed E-state index contributed by atoms with van der Waals surface area (Å²) in [5.74, 6) is 0.552. The molecule has 0 aromatic heterocycles. The molecule has 1 aliphatic carbocycles. The monoisotopic (exact) mass is 324 g/mol. The molecule has 1 saturated heterocycles. The third-order valence-corrected chi connectivity index (χ3v) is 6.06. The second kappa shape index (κ2) is 5.55. The molecule has 1 saturated carbocycles. The molecule has 1 amide bonds. The van der Waals surface area contributed by atoms with Crippen LogP contribution in [0, 0.1) is 6.92 Å². The summed E-state index contributed by atoms with van der Waals surface area (Å²) in [5, 5.41) is 0. The molecule has 0 spiro atoms. The smallest absolute Gasteiger partial charge is 0.243 e. The van der Waals surface area contributed by atoms with Crippen LogP contribution < -0.4 is 4.74 Å². The number of amides is 1. The first-order chi connectivity index (χ1) is 10.4. The van der Waals surface area contributed by atoms with Crippen molar-refractivity contribution >= 4 is 15.9 Å². The Balaban J connectivity index is 1.81. The van der Waals surface area contributed by atoms with E-state index in [1.54, 1.807) is 26.2 Å². The lowest BCUT2D eigenvalue weighted by Gasteiger charge is -2.33. The van der Waals surface area contributed by atoms with Gasteiger partial charge in [-0.15, -0.1) is 0 Å². The van der Waals surface area contributed by atoms with Gasteiger partial charge in [0.1, 0.15) is 5.75 Å². The van der Waals surface area contributed by atoms with Crippen LogP contribution >= 0.6 is 0 Å². The molecular weight excluding hydrogens is 304 g/mol. The number of sulfonamides is 1. The SMILES string of the molecule is COc1ccc(S(=O)(=O)N2CCN(C3CC3)C(=O)C2)cc1C. The fraction of sp³-hybridized carbons (Fsp3) is 0.533. The van der Waals surface area contributed by atoms with Gasteiger partial charge in [0.15, 0.2) is 0 Å². The van der Waals surface area contributed by atoms with Gasteiger partial charge in [-0.25, -0.2) is 8.42 Å². The third kappa shape index (κ3) is 2.70. The Kier molecular flexibility index (Phi) is 3.86. The number of rotatable bonds is 4. The molecule has 1 aromatic rings. The van der Waals surface area contributed by atoms with Crippen molar-refractivity contribution in [3.63, 3.8) is 0 Å². The molecule has 0 bridgehead atoms. The van der Waals surface area contributed by atoms with Crippen LogP contribution in [0.2, 0.25) is 0 Å². The van der Waals surface area contributed by atoms with Crippen LogP contribution in [0.5, 0.6) is 5.75 Å². The van der Waals surface area contributed by atoms with E-state index in [2.05, 4.69) is 0 Å². The van der Waals surface area contributed by atoms with Gasteiger partial charge in [-0.2, -0.15) is 4.31 Å². The summed E-state index contributed by atoms with van der Waals surface area (Å²) in [6.07, 6.45) is 2.08. The molecule has 2 fully saturated rings. The van der Waals surface area contributed by atoms with Crippen LogP contribution in [0.4, 0.5) is 0 Å². The Morgan fingerprint density at radius 1 is 1.23 bits per heavy atom. The fourth-order valence-corrected chi connectivity index (χ4v) is 4.27. The fourth-order valence-electron chi connectivity index (χ4n) is 2.80. The highest BCUT2D eigenvalue weighted by molar-refractivity contribution is 7.89. The number of hydrogen-bond acceptors (Lipinski definition) is 4. The topological polar surface area (TPSA) is 66.9 Å². The quantitative estimate of drug-likeness (QED) is 0.829. The van der Waals surface area contributed by atoms with E-state index in [1.807, 2.05) is 4.90 Å². The second-order valence-corrected chi connectivity index (χ2v) is 7.73. The van der Waals surface area contributed by atoms with Crippen LogP contribution in [0.25, 0.3) is 0 Å². The molecule has 120 valence electrons. The lowest BCUT2D eigenvalue weighted by atomic mass is 10.2. The van der Waals surface area contributed by atoms with Gasteiger partial charge in [-0.05, 0) is 43.5 Å². The molecule has 0 unspecified atom stereocenters. The van der Waals surface area contributed by atoms with Crippen molar-refractivity contribution < 1.29 is 17.9 Å². The Labute approximate surface area is 130 Å². The summed E-state index contributed by atoms with van der Waals surface area (Å²) < 4.78 is 31.8. The largest absolute Gasteiger partial charge is 0.496 e. The van der Waals surface area contributed by atoms with Crippen LogP contribution in [0.1, 0.15) is 18.4 Å². The molecule has 1 aromatic carbocycles. The average molecular weight is 324 g/mol. The maximum atomic E-state index is 12.7. The summed E-state index contributed by atoms with van der Waals surface area (Å²) in [4.78, 5) is 14.1. The van der Waals surface area contributed by atoms with E-state index in [4.69, 9.17) is 4.74 Å². The van der Waals surface area contributed by atoms with Crippen molar-refractivity contribution in [2.75, 3.05) is 26.7 Å². The van der Waals surface area contributed by atoms with E-state index in [0.29, 0.717) is 24.9 Å². The number of carbonyl (C=O) groups excluding carboxylic acids is 1. The van der Waals surface area contributed by atoms with Gasteiger partial charge < -0.3 is 9.64 Å². The second-order valence-electron chi connectivity index (χ2n) is 5.79. The first-order valence-corrected chi connectivity index (χ1v) is 8.82. The number of nitrogens with zero attached hydrogens (tertiary/aromatic N) is 2. The Morgan fingerprint density at radius 3 is 2.50 bits per heavy atom. The van der Waals surface area contributed by atoms with Crippen molar-refractivity contribution in [3.05, 3.63) is 23.8 Å². The van der Waals surface area contributed by atoms with Gasteiger partial charge in [0.25, 0.3) is 0 Å². The molecular formula is C15H20N2O4S. The van der Waals surface area contributed by atoms with Crippen molar-refractivity contribution in [2.45, 2.75) is 30.7 Å². The zero-order valence-corrected chi connectivity index (χ0v) is 13.6. The lowest BCUT2D eigenvalue weighted by molar-refractivity contribution is -0.134. The number of piperazine rings is 1. The molecule has 22 heavy (non-hydrogen) atoms. The van der Waals surface area contributed by atoms with Crippen LogP contribution in [0.15, 0.2) is 23.1 Å². The van der Waals surface area contributed by atoms with E-state index in [0.717, 1.165) is 18.4 Å². The summed E-state index contributed by atoms with van der Waals surface area (Å²) in [5.41, 5.74) is 0.756. The van der Waals surface area contributed by atoms with Crippen molar-refractivity contribution in [2.24, 2.45) is 0 Å². The number of aryl methyl sites for hydroxylation is 1. The van der Waals surface area contributed by atoms with Gasteiger partial charge >= 0.3 is 0 Å². The number of methoxy groups -OCH3 is 1. The summed E-state index contributed by atoms with van der Waals surface area (Å²) in [7, 11) is -2.09.